The number of esters is 1. The maximum Gasteiger partial charge on any atom is 0.311 e. The number of hydrogen-bond acceptors (Lipinski definition) is 3. The van der Waals surface area contributed by atoms with Crippen LogP contribution < -0.4 is 4.74 Å². The van der Waals surface area contributed by atoms with Gasteiger partial charge in [-0.25, -0.2) is 0 Å². The molecule has 0 aliphatic rings. The Balaban J connectivity index is 1.94. The van der Waals surface area contributed by atoms with E-state index in [1.54, 1.807) is 11.3 Å². The Hall–Kier alpha value is -2.10. The second kappa shape index (κ2) is 8.32. The predicted octanol–water partition coefficient (Wildman–Crippen LogP) is 6.83. The van der Waals surface area contributed by atoms with Crippen molar-refractivity contribution in [3.8, 4) is 27.3 Å². The third-order valence-electron chi connectivity index (χ3n) is 3.91. The molecule has 0 spiro atoms. The minimum absolute atomic E-state index is 0.183. The number of hydrogen-bond donors (Lipinski definition) is 0. The van der Waals surface area contributed by atoms with E-state index in [-0.39, 0.29) is 5.97 Å². The summed E-state index contributed by atoms with van der Waals surface area (Å²) in [6.07, 6.45) is 2.26. The van der Waals surface area contributed by atoms with E-state index in [2.05, 4.69) is 18.4 Å². The number of carbonyl (C=O) groups excluding carboxylic acids is 1. The monoisotopic (exact) mass is 370 g/mol. The first kappa shape index (κ1) is 17.7. The van der Waals surface area contributed by atoms with E-state index in [1.807, 2.05) is 48.5 Å². The molecule has 0 fully saturated rings. The van der Waals surface area contributed by atoms with E-state index in [4.69, 9.17) is 16.3 Å². The molecular weight excluding hydrogens is 352 g/mol. The summed E-state index contributed by atoms with van der Waals surface area (Å²) in [5.74, 6) is 0.426. The Morgan fingerprint density at radius 2 is 1.80 bits per heavy atom. The molecule has 0 aliphatic heterocycles. The smallest absolute Gasteiger partial charge is 0.311 e. The Bertz CT molecular complexity index is 852. The highest BCUT2D eigenvalue weighted by Crippen LogP contribution is 2.41. The van der Waals surface area contributed by atoms with Crippen LogP contribution in [-0.2, 0) is 4.79 Å². The first-order valence-electron chi connectivity index (χ1n) is 8.32. The molecule has 4 heteroatoms. The number of thiophene rings is 1. The van der Waals surface area contributed by atoms with Gasteiger partial charge in [0.1, 0.15) is 5.75 Å². The lowest BCUT2D eigenvalue weighted by molar-refractivity contribution is -0.134. The molecule has 0 aliphatic carbocycles. The molecule has 2 nitrogen and oxygen atoms in total. The molecule has 0 saturated carbocycles. The van der Waals surface area contributed by atoms with E-state index < -0.39 is 0 Å². The minimum Gasteiger partial charge on any atom is -0.426 e. The summed E-state index contributed by atoms with van der Waals surface area (Å²) in [7, 11) is 0. The molecule has 3 rings (SSSR count). The zero-order valence-corrected chi connectivity index (χ0v) is 15.6. The number of halogens is 1. The van der Waals surface area contributed by atoms with E-state index in [1.165, 1.54) is 0 Å². The summed E-state index contributed by atoms with van der Waals surface area (Å²) in [6, 6.07) is 17.5. The molecule has 2 aromatic carbocycles. The number of unbranched alkanes of at least 4 members (excludes halogenated alkanes) is 1. The van der Waals surface area contributed by atoms with Crippen molar-refractivity contribution in [3.63, 3.8) is 0 Å². The van der Waals surface area contributed by atoms with Crippen molar-refractivity contribution in [1.82, 2.24) is 0 Å². The highest BCUT2D eigenvalue weighted by atomic mass is 35.5. The highest BCUT2D eigenvalue weighted by molar-refractivity contribution is 7.14. The van der Waals surface area contributed by atoms with Crippen LogP contribution in [-0.4, -0.2) is 5.97 Å². The van der Waals surface area contributed by atoms with Crippen LogP contribution in [0.1, 0.15) is 26.2 Å². The van der Waals surface area contributed by atoms with E-state index in [0.717, 1.165) is 34.4 Å². The number of carbonyl (C=O) groups is 1. The molecule has 0 saturated heterocycles. The topological polar surface area (TPSA) is 26.3 Å². The van der Waals surface area contributed by atoms with Crippen LogP contribution in [0.2, 0.25) is 5.02 Å². The lowest BCUT2D eigenvalue weighted by Gasteiger charge is -2.11. The third kappa shape index (κ3) is 4.30. The summed E-state index contributed by atoms with van der Waals surface area (Å²) in [5, 5.41) is 2.77. The van der Waals surface area contributed by atoms with Crippen molar-refractivity contribution in [1.29, 1.82) is 0 Å². The van der Waals surface area contributed by atoms with Crippen LogP contribution in [0.15, 0.2) is 60.0 Å². The standard InChI is InChI=1S/C21H19ClO2S/c1-2-3-8-20(23)24-19-7-5-4-6-17(19)18-13-14-25-21(18)15-9-11-16(22)12-10-15/h4-7,9-14H,2-3,8H2,1H3. The van der Waals surface area contributed by atoms with E-state index in [9.17, 15) is 4.79 Å². The molecule has 0 bridgehead atoms. The number of benzene rings is 2. The molecule has 0 N–H and O–H groups in total. The average molecular weight is 371 g/mol. The fourth-order valence-electron chi connectivity index (χ4n) is 2.62. The zero-order valence-electron chi connectivity index (χ0n) is 14.0. The summed E-state index contributed by atoms with van der Waals surface area (Å²) < 4.78 is 5.63. The van der Waals surface area contributed by atoms with Crippen LogP contribution in [0.25, 0.3) is 21.6 Å². The first-order chi connectivity index (χ1) is 12.2. The maximum absolute atomic E-state index is 12.1. The Labute approximate surface area is 157 Å². The van der Waals surface area contributed by atoms with E-state index >= 15 is 0 Å². The predicted molar refractivity (Wildman–Crippen MR) is 105 cm³/mol. The molecule has 3 aromatic rings. The van der Waals surface area contributed by atoms with Crippen molar-refractivity contribution in [3.05, 3.63) is 65.0 Å². The van der Waals surface area contributed by atoms with Gasteiger partial charge < -0.3 is 4.74 Å². The van der Waals surface area contributed by atoms with Crippen molar-refractivity contribution < 1.29 is 9.53 Å². The van der Waals surface area contributed by atoms with Crippen LogP contribution >= 0.6 is 22.9 Å². The lowest BCUT2D eigenvalue weighted by atomic mass is 10.0. The van der Waals surface area contributed by atoms with Crippen LogP contribution in [0.3, 0.4) is 0 Å². The van der Waals surface area contributed by atoms with Gasteiger partial charge in [-0.1, -0.05) is 55.3 Å². The fourth-order valence-corrected chi connectivity index (χ4v) is 3.66. The second-order valence-corrected chi connectivity index (χ2v) is 7.10. The first-order valence-corrected chi connectivity index (χ1v) is 9.58. The van der Waals surface area contributed by atoms with Gasteiger partial charge in [0.05, 0.1) is 0 Å². The molecule has 128 valence electrons. The van der Waals surface area contributed by atoms with Gasteiger partial charge in [-0.3, -0.25) is 4.79 Å². The Morgan fingerprint density at radius 1 is 1.04 bits per heavy atom. The van der Waals surface area contributed by atoms with Gasteiger partial charge >= 0.3 is 5.97 Å². The van der Waals surface area contributed by atoms with Gasteiger partial charge in [0.2, 0.25) is 0 Å². The van der Waals surface area contributed by atoms with E-state index in [0.29, 0.717) is 17.2 Å². The second-order valence-electron chi connectivity index (χ2n) is 5.74. The zero-order chi connectivity index (χ0) is 17.6. The normalized spacial score (nSPS) is 10.6. The molecule has 1 heterocycles. The van der Waals surface area contributed by atoms with Gasteiger partial charge in [0.25, 0.3) is 0 Å². The highest BCUT2D eigenvalue weighted by Gasteiger charge is 2.15. The largest absolute Gasteiger partial charge is 0.426 e. The van der Waals surface area contributed by atoms with Gasteiger partial charge in [0.15, 0.2) is 0 Å². The van der Waals surface area contributed by atoms with Gasteiger partial charge in [-0.2, -0.15) is 0 Å². The lowest BCUT2D eigenvalue weighted by Crippen LogP contribution is -2.08. The molecule has 0 atom stereocenters. The molecule has 0 amide bonds. The van der Waals surface area contributed by atoms with Crippen LogP contribution in [0, 0.1) is 0 Å². The van der Waals surface area contributed by atoms with Crippen LogP contribution in [0.4, 0.5) is 0 Å². The molecule has 25 heavy (non-hydrogen) atoms. The summed E-state index contributed by atoms with van der Waals surface area (Å²) in [6.45, 7) is 2.06. The fraction of sp³-hybridized carbons (Fsp3) is 0.190. The minimum atomic E-state index is -0.183. The van der Waals surface area contributed by atoms with Gasteiger partial charge in [-0.05, 0) is 41.6 Å². The molecule has 0 unspecified atom stereocenters. The van der Waals surface area contributed by atoms with Crippen molar-refractivity contribution in [2.45, 2.75) is 26.2 Å². The molecule has 0 radical (unpaired) electrons. The molecule has 1 aromatic heterocycles. The van der Waals surface area contributed by atoms with Crippen molar-refractivity contribution in [2.24, 2.45) is 0 Å². The summed E-state index contributed by atoms with van der Waals surface area (Å²) in [5.41, 5.74) is 3.09. The quantitative estimate of drug-likeness (QED) is 0.351. The Morgan fingerprint density at radius 3 is 2.56 bits per heavy atom. The summed E-state index contributed by atoms with van der Waals surface area (Å²) >= 11 is 7.66. The number of para-hydroxylation sites is 1. The van der Waals surface area contributed by atoms with Gasteiger partial charge in [-0.15, -0.1) is 11.3 Å². The van der Waals surface area contributed by atoms with Gasteiger partial charge in [0, 0.05) is 27.4 Å². The molecular formula is C21H19ClO2S. The SMILES string of the molecule is CCCCC(=O)Oc1ccccc1-c1ccsc1-c1ccc(Cl)cc1. The summed E-state index contributed by atoms with van der Waals surface area (Å²) in [4.78, 5) is 13.2. The number of ether oxygens (including phenoxy) is 1. The average Bonchev–Trinajstić information content (AvgIpc) is 3.10. The van der Waals surface area contributed by atoms with Crippen molar-refractivity contribution in [2.75, 3.05) is 0 Å². The van der Waals surface area contributed by atoms with Crippen molar-refractivity contribution >= 4 is 28.9 Å². The Kier molecular flexibility index (Phi) is 5.90. The van der Waals surface area contributed by atoms with Crippen LogP contribution in [0.5, 0.6) is 5.75 Å². The maximum atomic E-state index is 12.1. The third-order valence-corrected chi connectivity index (χ3v) is 5.12. The number of rotatable bonds is 6.